The van der Waals surface area contributed by atoms with E-state index in [-0.39, 0.29) is 24.0 Å². The highest BCUT2D eigenvalue weighted by molar-refractivity contribution is 14.0. The Morgan fingerprint density at radius 3 is 2.83 bits per heavy atom. The molecule has 0 bridgehead atoms. The summed E-state index contributed by atoms with van der Waals surface area (Å²) in [6, 6.07) is 10.9. The maximum absolute atomic E-state index is 5.14. The van der Waals surface area contributed by atoms with Gasteiger partial charge in [0.25, 0.3) is 0 Å². The second-order valence-electron chi connectivity index (χ2n) is 7.21. The van der Waals surface area contributed by atoms with Crippen LogP contribution in [-0.2, 0) is 24.3 Å². The lowest BCUT2D eigenvalue weighted by Gasteiger charge is -2.26. The summed E-state index contributed by atoms with van der Waals surface area (Å²) in [6.45, 7) is 6.34. The van der Waals surface area contributed by atoms with E-state index >= 15 is 0 Å². The van der Waals surface area contributed by atoms with Gasteiger partial charge in [0.05, 0.1) is 6.54 Å². The van der Waals surface area contributed by atoms with Crippen molar-refractivity contribution in [3.8, 4) is 0 Å². The van der Waals surface area contributed by atoms with Gasteiger partial charge in [-0.05, 0) is 31.9 Å². The van der Waals surface area contributed by atoms with Gasteiger partial charge in [0.2, 0.25) is 0 Å². The highest BCUT2D eigenvalue weighted by Crippen LogP contribution is 2.14. The fourth-order valence-electron chi connectivity index (χ4n) is 3.64. The van der Waals surface area contributed by atoms with Crippen molar-refractivity contribution < 1.29 is 4.74 Å². The third kappa shape index (κ3) is 6.83. The molecule has 1 aliphatic rings. The first-order valence-electron chi connectivity index (χ1n) is 10.4. The molecule has 0 amide bonds. The zero-order valence-corrected chi connectivity index (χ0v) is 20.5. The van der Waals surface area contributed by atoms with Crippen molar-refractivity contribution in [1.29, 1.82) is 0 Å². The normalized spacial score (nSPS) is 15.8. The van der Waals surface area contributed by atoms with Crippen molar-refractivity contribution in [2.75, 3.05) is 38.7 Å². The monoisotopic (exact) mass is 527 g/mol. The van der Waals surface area contributed by atoms with E-state index in [4.69, 9.17) is 4.74 Å². The lowest BCUT2D eigenvalue weighted by atomic mass is 10.1. The Hall–Kier alpha value is -1.88. The number of anilines is 1. The summed E-state index contributed by atoms with van der Waals surface area (Å²) in [5, 5.41) is 11.5. The first-order valence-corrected chi connectivity index (χ1v) is 10.4. The molecule has 30 heavy (non-hydrogen) atoms. The fraction of sp³-hybridized carbons (Fsp3) is 0.571. The Kier molecular flexibility index (Phi) is 10.4. The fourth-order valence-corrected chi connectivity index (χ4v) is 3.64. The molecule has 0 aliphatic carbocycles. The molecular formula is C21H34IN7O. The predicted octanol–water partition coefficient (Wildman–Crippen LogP) is 2.44. The van der Waals surface area contributed by atoms with E-state index in [1.807, 2.05) is 11.7 Å². The van der Waals surface area contributed by atoms with E-state index in [1.54, 1.807) is 7.11 Å². The lowest BCUT2D eigenvalue weighted by molar-refractivity contribution is 0.177. The van der Waals surface area contributed by atoms with Crippen molar-refractivity contribution in [1.82, 2.24) is 25.4 Å². The molecule has 166 valence electrons. The average Bonchev–Trinajstić information content (AvgIpc) is 3.15. The van der Waals surface area contributed by atoms with Crippen LogP contribution in [0.3, 0.4) is 0 Å². The number of para-hydroxylation sites is 1. The van der Waals surface area contributed by atoms with Crippen LogP contribution in [0.1, 0.15) is 31.4 Å². The number of ether oxygens (including phenoxy) is 1. The van der Waals surface area contributed by atoms with Gasteiger partial charge in [0.1, 0.15) is 12.4 Å². The van der Waals surface area contributed by atoms with E-state index in [1.165, 1.54) is 5.69 Å². The Bertz CT molecular complexity index is 781. The van der Waals surface area contributed by atoms with E-state index in [9.17, 15) is 0 Å². The molecule has 0 saturated carbocycles. The Morgan fingerprint density at radius 1 is 1.33 bits per heavy atom. The van der Waals surface area contributed by atoms with Crippen molar-refractivity contribution in [3.05, 3.63) is 42.0 Å². The van der Waals surface area contributed by atoms with Crippen LogP contribution >= 0.6 is 24.0 Å². The predicted molar refractivity (Wildman–Crippen MR) is 132 cm³/mol. The molecule has 8 nitrogen and oxygen atoms in total. The Morgan fingerprint density at radius 2 is 2.13 bits per heavy atom. The van der Waals surface area contributed by atoms with Crippen LogP contribution in [0.25, 0.3) is 0 Å². The van der Waals surface area contributed by atoms with Crippen molar-refractivity contribution in [2.24, 2.45) is 4.99 Å². The summed E-state index contributed by atoms with van der Waals surface area (Å²) < 4.78 is 7.12. The van der Waals surface area contributed by atoms with Gasteiger partial charge in [-0.25, -0.2) is 9.67 Å². The summed E-state index contributed by atoms with van der Waals surface area (Å²) >= 11 is 0. The van der Waals surface area contributed by atoms with Gasteiger partial charge in [-0.15, -0.1) is 24.0 Å². The number of rotatable bonds is 9. The summed E-state index contributed by atoms with van der Waals surface area (Å²) in [5.41, 5.74) is 1.27. The molecule has 2 heterocycles. The maximum Gasteiger partial charge on any atom is 0.191 e. The summed E-state index contributed by atoms with van der Waals surface area (Å²) in [5.74, 6) is 2.64. The van der Waals surface area contributed by atoms with Crippen LogP contribution in [0.2, 0.25) is 0 Å². The molecule has 2 N–H and O–H groups in total. The van der Waals surface area contributed by atoms with Crippen molar-refractivity contribution in [2.45, 2.75) is 45.4 Å². The number of nitrogens with one attached hydrogen (secondary N) is 2. The molecule has 1 aliphatic heterocycles. The highest BCUT2D eigenvalue weighted by atomic mass is 127. The van der Waals surface area contributed by atoms with E-state index in [0.717, 1.165) is 63.0 Å². The van der Waals surface area contributed by atoms with Crippen molar-refractivity contribution >= 4 is 35.6 Å². The molecule has 9 heteroatoms. The maximum atomic E-state index is 5.14. The van der Waals surface area contributed by atoms with Crippen LogP contribution in [0, 0.1) is 0 Å². The SMILES string of the molecule is CCN(CCCNC(=NC)NC1CCc2nc(COC)nn2C1)c1ccccc1.I. The topological polar surface area (TPSA) is 79.6 Å². The molecule has 3 rings (SSSR count). The van der Waals surface area contributed by atoms with Gasteiger partial charge in [-0.3, -0.25) is 4.99 Å². The number of aryl methyl sites for hydroxylation is 1. The number of guanidine groups is 1. The Labute approximate surface area is 196 Å². The zero-order valence-electron chi connectivity index (χ0n) is 18.2. The summed E-state index contributed by atoms with van der Waals surface area (Å²) in [4.78, 5) is 11.3. The smallest absolute Gasteiger partial charge is 0.191 e. The summed E-state index contributed by atoms with van der Waals surface area (Å²) in [6.07, 6.45) is 2.97. The molecule has 1 atom stereocenters. The lowest BCUT2D eigenvalue weighted by Crippen LogP contribution is -2.47. The number of fused-ring (bicyclic) bond motifs is 1. The first-order chi connectivity index (χ1) is 14.2. The van der Waals surface area contributed by atoms with Gasteiger partial charge < -0.3 is 20.3 Å². The second-order valence-corrected chi connectivity index (χ2v) is 7.21. The third-order valence-corrected chi connectivity index (χ3v) is 5.14. The largest absolute Gasteiger partial charge is 0.377 e. The minimum absolute atomic E-state index is 0. The highest BCUT2D eigenvalue weighted by Gasteiger charge is 2.22. The molecule has 1 aromatic carbocycles. The van der Waals surface area contributed by atoms with Crippen LogP contribution in [0.5, 0.6) is 0 Å². The Balaban J connectivity index is 0.00000320. The van der Waals surface area contributed by atoms with E-state index in [0.29, 0.717) is 12.6 Å². The van der Waals surface area contributed by atoms with Crippen LogP contribution in [0.15, 0.2) is 35.3 Å². The quantitative estimate of drug-likeness (QED) is 0.226. The molecule has 0 spiro atoms. The van der Waals surface area contributed by atoms with Gasteiger partial charge >= 0.3 is 0 Å². The van der Waals surface area contributed by atoms with E-state index < -0.39 is 0 Å². The standard InChI is InChI=1S/C21H33N7O.HI/c1-4-27(18-9-6-5-7-10-18)14-8-13-23-21(22-2)24-17-11-12-20-25-19(16-29-3)26-28(20)15-17;/h5-7,9-10,17H,4,8,11-16H2,1-3H3,(H2,22,23,24);1H. The van der Waals surface area contributed by atoms with E-state index in [2.05, 4.69) is 67.9 Å². The molecule has 1 unspecified atom stereocenters. The molecule has 2 aromatic rings. The van der Waals surface area contributed by atoms with Crippen LogP contribution in [-0.4, -0.2) is 60.6 Å². The minimum Gasteiger partial charge on any atom is -0.377 e. The number of methoxy groups -OCH3 is 1. The number of nitrogens with zero attached hydrogens (tertiary/aromatic N) is 5. The van der Waals surface area contributed by atoms with Crippen LogP contribution in [0.4, 0.5) is 5.69 Å². The van der Waals surface area contributed by atoms with Gasteiger partial charge in [-0.2, -0.15) is 5.10 Å². The number of halogens is 1. The molecule has 0 radical (unpaired) electrons. The third-order valence-electron chi connectivity index (χ3n) is 5.14. The zero-order chi connectivity index (χ0) is 20.5. The molecule has 1 aromatic heterocycles. The second kappa shape index (κ2) is 12.7. The number of hydrogen-bond acceptors (Lipinski definition) is 5. The molecular weight excluding hydrogens is 493 g/mol. The number of hydrogen-bond donors (Lipinski definition) is 2. The average molecular weight is 527 g/mol. The number of aromatic nitrogens is 3. The summed E-state index contributed by atoms with van der Waals surface area (Å²) in [7, 11) is 3.48. The van der Waals surface area contributed by atoms with Crippen LogP contribution < -0.4 is 15.5 Å². The first kappa shape index (κ1) is 24.4. The number of aliphatic imine (C=N–C) groups is 1. The van der Waals surface area contributed by atoms with Gasteiger partial charge in [-0.1, -0.05) is 18.2 Å². The molecule has 0 fully saturated rings. The van der Waals surface area contributed by atoms with Crippen molar-refractivity contribution in [3.63, 3.8) is 0 Å². The van der Waals surface area contributed by atoms with Gasteiger partial charge in [0.15, 0.2) is 11.8 Å². The minimum atomic E-state index is 0. The molecule has 0 saturated heterocycles. The number of benzene rings is 1. The van der Waals surface area contributed by atoms with Gasteiger partial charge in [0, 0.05) is 51.9 Å².